The molecule has 1 aliphatic heterocycles. The predicted molar refractivity (Wildman–Crippen MR) is 82.8 cm³/mol. The highest BCUT2D eigenvalue weighted by atomic mass is 32.2. The van der Waals surface area contributed by atoms with Crippen LogP contribution in [0.1, 0.15) is 30.0 Å². The van der Waals surface area contributed by atoms with Gasteiger partial charge in [-0.2, -0.15) is 0 Å². The molecule has 5 nitrogen and oxygen atoms in total. The number of sulfonamides is 1. The molecule has 1 fully saturated rings. The standard InChI is InChI=1S/C15H24N2O3S/c1-11-7-12(2)14(8-13(11)9-16-4)21(18,19)17-15(3)5-6-20-10-15/h7-8,16-17H,5-6,9-10H2,1-4H3. The largest absolute Gasteiger partial charge is 0.379 e. The van der Waals surface area contributed by atoms with E-state index >= 15 is 0 Å². The molecule has 1 heterocycles. The van der Waals surface area contributed by atoms with E-state index in [0.29, 0.717) is 31.1 Å². The molecule has 118 valence electrons. The second-order valence-corrected chi connectivity index (χ2v) is 7.69. The predicted octanol–water partition coefficient (Wildman–Crippen LogP) is 1.48. The fourth-order valence-electron chi connectivity index (χ4n) is 2.67. The van der Waals surface area contributed by atoms with Crippen molar-refractivity contribution in [2.45, 2.75) is 44.2 Å². The Balaban J connectivity index is 2.37. The quantitative estimate of drug-likeness (QED) is 0.864. The molecular weight excluding hydrogens is 288 g/mol. The van der Waals surface area contributed by atoms with Crippen LogP contribution in [0.4, 0.5) is 0 Å². The molecule has 1 aliphatic rings. The second kappa shape index (κ2) is 6.04. The summed E-state index contributed by atoms with van der Waals surface area (Å²) in [7, 11) is -1.70. The van der Waals surface area contributed by atoms with Crippen LogP contribution in [-0.4, -0.2) is 34.2 Å². The summed E-state index contributed by atoms with van der Waals surface area (Å²) in [5, 5.41) is 3.07. The summed E-state index contributed by atoms with van der Waals surface area (Å²) >= 11 is 0. The molecule has 0 saturated carbocycles. The molecule has 0 aliphatic carbocycles. The van der Waals surface area contributed by atoms with Crippen molar-refractivity contribution in [1.82, 2.24) is 10.0 Å². The number of hydrogen-bond acceptors (Lipinski definition) is 4. The third-order valence-corrected chi connectivity index (χ3v) is 5.67. The maximum absolute atomic E-state index is 12.7. The van der Waals surface area contributed by atoms with Gasteiger partial charge in [0, 0.05) is 13.2 Å². The number of ether oxygens (including phenoxy) is 1. The first-order valence-corrected chi connectivity index (χ1v) is 8.62. The molecule has 6 heteroatoms. The molecule has 0 amide bonds. The Kier molecular flexibility index (Phi) is 4.72. The molecule has 0 radical (unpaired) electrons. The fraction of sp³-hybridized carbons (Fsp3) is 0.600. The summed E-state index contributed by atoms with van der Waals surface area (Å²) < 4.78 is 33.5. The Morgan fingerprint density at radius 1 is 1.29 bits per heavy atom. The highest BCUT2D eigenvalue weighted by Crippen LogP contribution is 2.25. The van der Waals surface area contributed by atoms with Crippen LogP contribution in [0.5, 0.6) is 0 Å². The summed E-state index contributed by atoms with van der Waals surface area (Å²) in [6.07, 6.45) is 0.695. The molecule has 1 aromatic rings. The van der Waals surface area contributed by atoms with Crippen molar-refractivity contribution < 1.29 is 13.2 Å². The van der Waals surface area contributed by atoms with Crippen LogP contribution < -0.4 is 10.0 Å². The number of benzene rings is 1. The number of rotatable bonds is 5. The van der Waals surface area contributed by atoms with Crippen LogP contribution in [0.15, 0.2) is 17.0 Å². The Labute approximate surface area is 127 Å². The van der Waals surface area contributed by atoms with Gasteiger partial charge in [0.05, 0.1) is 17.0 Å². The molecule has 2 rings (SSSR count). The third kappa shape index (κ3) is 3.63. The molecule has 21 heavy (non-hydrogen) atoms. The number of aryl methyl sites for hydroxylation is 2. The van der Waals surface area contributed by atoms with Gasteiger partial charge in [0.15, 0.2) is 0 Å². The number of hydrogen-bond donors (Lipinski definition) is 2. The van der Waals surface area contributed by atoms with Gasteiger partial charge in [-0.15, -0.1) is 0 Å². The van der Waals surface area contributed by atoms with Crippen molar-refractivity contribution in [1.29, 1.82) is 0 Å². The van der Waals surface area contributed by atoms with E-state index in [0.717, 1.165) is 16.7 Å². The molecule has 2 N–H and O–H groups in total. The van der Waals surface area contributed by atoms with E-state index in [1.165, 1.54) is 0 Å². The highest BCUT2D eigenvalue weighted by molar-refractivity contribution is 7.89. The lowest BCUT2D eigenvalue weighted by atomic mass is 10.0. The Morgan fingerprint density at radius 3 is 2.57 bits per heavy atom. The minimum atomic E-state index is -3.55. The van der Waals surface area contributed by atoms with Gasteiger partial charge in [-0.05, 0) is 57.0 Å². The third-order valence-electron chi connectivity index (χ3n) is 3.89. The smallest absolute Gasteiger partial charge is 0.241 e. The topological polar surface area (TPSA) is 67.4 Å². The Hall–Kier alpha value is -0.950. The molecule has 1 saturated heterocycles. The maximum atomic E-state index is 12.7. The SMILES string of the molecule is CNCc1cc(S(=O)(=O)NC2(C)CCOC2)c(C)cc1C. The lowest BCUT2D eigenvalue weighted by molar-refractivity contribution is 0.178. The van der Waals surface area contributed by atoms with Gasteiger partial charge >= 0.3 is 0 Å². The Bertz CT molecular complexity index is 620. The second-order valence-electron chi connectivity index (χ2n) is 6.04. The van der Waals surface area contributed by atoms with Crippen molar-refractivity contribution in [3.05, 3.63) is 28.8 Å². The number of nitrogens with one attached hydrogen (secondary N) is 2. The summed E-state index contributed by atoms with van der Waals surface area (Å²) in [6, 6.07) is 3.69. The van der Waals surface area contributed by atoms with Crippen LogP contribution in [-0.2, 0) is 21.3 Å². The average molecular weight is 312 g/mol. The van der Waals surface area contributed by atoms with Gasteiger partial charge in [-0.3, -0.25) is 0 Å². The van der Waals surface area contributed by atoms with Gasteiger partial charge < -0.3 is 10.1 Å². The van der Waals surface area contributed by atoms with E-state index in [4.69, 9.17) is 4.74 Å². The van der Waals surface area contributed by atoms with Crippen molar-refractivity contribution in [3.63, 3.8) is 0 Å². The van der Waals surface area contributed by atoms with Gasteiger partial charge in [0.1, 0.15) is 0 Å². The van der Waals surface area contributed by atoms with Gasteiger partial charge in [0.25, 0.3) is 0 Å². The van der Waals surface area contributed by atoms with Crippen LogP contribution in [0.25, 0.3) is 0 Å². The van der Waals surface area contributed by atoms with Crippen molar-refractivity contribution >= 4 is 10.0 Å². The summed E-state index contributed by atoms with van der Waals surface area (Å²) in [5.74, 6) is 0. The fourth-order valence-corrected chi connectivity index (χ4v) is 4.37. The van der Waals surface area contributed by atoms with E-state index in [1.807, 2.05) is 33.9 Å². The molecular formula is C15H24N2O3S. The first-order valence-electron chi connectivity index (χ1n) is 7.14. The van der Waals surface area contributed by atoms with E-state index in [-0.39, 0.29) is 0 Å². The van der Waals surface area contributed by atoms with Gasteiger partial charge in [-0.1, -0.05) is 6.07 Å². The zero-order chi connectivity index (χ0) is 15.7. The average Bonchev–Trinajstić information content (AvgIpc) is 2.78. The van der Waals surface area contributed by atoms with E-state index in [9.17, 15) is 8.42 Å². The monoisotopic (exact) mass is 312 g/mol. The van der Waals surface area contributed by atoms with E-state index in [1.54, 1.807) is 6.07 Å². The van der Waals surface area contributed by atoms with E-state index < -0.39 is 15.6 Å². The molecule has 0 aromatic heterocycles. The molecule has 1 atom stereocenters. The minimum absolute atomic E-state index is 0.353. The minimum Gasteiger partial charge on any atom is -0.379 e. The molecule has 1 aromatic carbocycles. The zero-order valence-corrected chi connectivity index (χ0v) is 13.9. The lowest BCUT2D eigenvalue weighted by Crippen LogP contribution is -2.46. The van der Waals surface area contributed by atoms with E-state index in [2.05, 4.69) is 10.0 Å². The Morgan fingerprint density at radius 2 is 2.00 bits per heavy atom. The highest BCUT2D eigenvalue weighted by Gasteiger charge is 2.35. The van der Waals surface area contributed by atoms with Crippen LogP contribution >= 0.6 is 0 Å². The summed E-state index contributed by atoms with van der Waals surface area (Å²) in [4.78, 5) is 0.353. The molecule has 0 spiro atoms. The zero-order valence-electron chi connectivity index (χ0n) is 13.1. The first-order chi connectivity index (χ1) is 9.77. The first kappa shape index (κ1) is 16.4. The van der Waals surface area contributed by atoms with Crippen LogP contribution in [0.3, 0.4) is 0 Å². The van der Waals surface area contributed by atoms with Crippen molar-refractivity contribution in [2.75, 3.05) is 20.3 Å². The summed E-state index contributed by atoms with van der Waals surface area (Å²) in [5.41, 5.74) is 2.34. The van der Waals surface area contributed by atoms with Gasteiger partial charge in [-0.25, -0.2) is 13.1 Å². The van der Waals surface area contributed by atoms with Crippen molar-refractivity contribution in [3.8, 4) is 0 Å². The normalized spacial score (nSPS) is 22.7. The molecule has 0 bridgehead atoms. The molecule has 1 unspecified atom stereocenters. The van der Waals surface area contributed by atoms with Crippen LogP contribution in [0, 0.1) is 13.8 Å². The van der Waals surface area contributed by atoms with Crippen molar-refractivity contribution in [2.24, 2.45) is 0 Å². The van der Waals surface area contributed by atoms with Crippen LogP contribution in [0.2, 0.25) is 0 Å². The lowest BCUT2D eigenvalue weighted by Gasteiger charge is -2.24. The summed E-state index contributed by atoms with van der Waals surface area (Å²) in [6.45, 7) is 7.37. The maximum Gasteiger partial charge on any atom is 0.241 e. The van der Waals surface area contributed by atoms with Gasteiger partial charge in [0.2, 0.25) is 10.0 Å².